The SMILES string of the molecule is O=C(COc1ccc2oc3c(c2c1)CCCC3)N1CCN(c2nccs2)CC1. The monoisotopic (exact) mass is 397 g/mol. The Morgan fingerprint density at radius 3 is 2.86 bits per heavy atom. The lowest BCUT2D eigenvalue weighted by Crippen LogP contribution is -2.50. The van der Waals surface area contributed by atoms with Crippen molar-refractivity contribution in [2.75, 3.05) is 37.7 Å². The smallest absolute Gasteiger partial charge is 0.260 e. The maximum atomic E-state index is 12.6. The molecule has 1 aliphatic carbocycles. The van der Waals surface area contributed by atoms with Crippen LogP contribution in [0.25, 0.3) is 11.0 Å². The number of benzene rings is 1. The topological polar surface area (TPSA) is 58.8 Å². The first-order valence-electron chi connectivity index (χ1n) is 9.87. The van der Waals surface area contributed by atoms with Crippen LogP contribution in [-0.2, 0) is 17.6 Å². The molecule has 0 radical (unpaired) electrons. The molecular formula is C21H23N3O3S. The number of furan rings is 1. The van der Waals surface area contributed by atoms with Crippen molar-refractivity contribution in [3.63, 3.8) is 0 Å². The van der Waals surface area contributed by atoms with Gasteiger partial charge in [-0.2, -0.15) is 0 Å². The van der Waals surface area contributed by atoms with Crippen molar-refractivity contribution in [3.05, 3.63) is 41.1 Å². The summed E-state index contributed by atoms with van der Waals surface area (Å²) in [5, 5.41) is 4.14. The van der Waals surface area contributed by atoms with Crippen molar-refractivity contribution in [2.24, 2.45) is 0 Å². The maximum Gasteiger partial charge on any atom is 0.260 e. The molecule has 0 saturated carbocycles. The summed E-state index contributed by atoms with van der Waals surface area (Å²) in [7, 11) is 0. The fourth-order valence-corrected chi connectivity index (χ4v) is 4.78. The first-order valence-corrected chi connectivity index (χ1v) is 10.8. The van der Waals surface area contributed by atoms with Gasteiger partial charge in [0, 0.05) is 55.1 Å². The van der Waals surface area contributed by atoms with E-state index in [-0.39, 0.29) is 12.5 Å². The van der Waals surface area contributed by atoms with E-state index >= 15 is 0 Å². The fraction of sp³-hybridized carbons (Fsp3) is 0.429. The zero-order chi connectivity index (χ0) is 18.9. The quantitative estimate of drug-likeness (QED) is 0.674. The average Bonchev–Trinajstić information content (AvgIpc) is 3.40. The van der Waals surface area contributed by atoms with Gasteiger partial charge in [0.25, 0.3) is 5.91 Å². The van der Waals surface area contributed by atoms with E-state index < -0.39 is 0 Å². The molecule has 6 nitrogen and oxygen atoms in total. The molecule has 1 saturated heterocycles. The second-order valence-electron chi connectivity index (χ2n) is 7.34. The summed E-state index contributed by atoms with van der Waals surface area (Å²) in [6, 6.07) is 5.88. The summed E-state index contributed by atoms with van der Waals surface area (Å²) in [6.07, 6.45) is 6.30. The van der Waals surface area contributed by atoms with Crippen LogP contribution in [0.2, 0.25) is 0 Å². The van der Waals surface area contributed by atoms with E-state index in [4.69, 9.17) is 9.15 Å². The highest BCUT2D eigenvalue weighted by molar-refractivity contribution is 7.13. The number of piperazine rings is 1. The van der Waals surface area contributed by atoms with Gasteiger partial charge in [0.1, 0.15) is 17.1 Å². The molecule has 7 heteroatoms. The Morgan fingerprint density at radius 2 is 2.04 bits per heavy atom. The van der Waals surface area contributed by atoms with Gasteiger partial charge in [0.2, 0.25) is 0 Å². The van der Waals surface area contributed by atoms with Gasteiger partial charge in [0.05, 0.1) is 0 Å². The highest BCUT2D eigenvalue weighted by Crippen LogP contribution is 2.34. The number of fused-ring (bicyclic) bond motifs is 3. The van der Waals surface area contributed by atoms with E-state index in [1.54, 1.807) is 11.3 Å². The minimum atomic E-state index is 0.0353. The number of ether oxygens (including phenoxy) is 1. The molecule has 146 valence electrons. The van der Waals surface area contributed by atoms with E-state index in [0.717, 1.165) is 53.5 Å². The maximum absolute atomic E-state index is 12.6. The number of carbonyl (C=O) groups excluding carboxylic acids is 1. The van der Waals surface area contributed by atoms with Crippen LogP contribution in [0.5, 0.6) is 5.75 Å². The number of aromatic nitrogens is 1. The van der Waals surface area contributed by atoms with Crippen LogP contribution in [0, 0.1) is 0 Å². The molecular weight excluding hydrogens is 374 g/mol. The number of aryl methyl sites for hydroxylation is 2. The normalized spacial score (nSPS) is 17.0. The fourth-order valence-electron chi connectivity index (χ4n) is 4.09. The Kier molecular flexibility index (Phi) is 4.68. The third-order valence-corrected chi connectivity index (χ3v) is 6.44. The van der Waals surface area contributed by atoms with Crippen LogP contribution in [-0.4, -0.2) is 48.6 Å². The summed E-state index contributed by atoms with van der Waals surface area (Å²) in [5.74, 6) is 1.89. The van der Waals surface area contributed by atoms with Crippen molar-refractivity contribution in [2.45, 2.75) is 25.7 Å². The molecule has 0 bridgehead atoms. The number of nitrogens with zero attached hydrogens (tertiary/aromatic N) is 3. The van der Waals surface area contributed by atoms with E-state index in [1.165, 1.54) is 18.4 Å². The second kappa shape index (κ2) is 7.47. The van der Waals surface area contributed by atoms with Crippen molar-refractivity contribution >= 4 is 33.3 Å². The second-order valence-corrected chi connectivity index (χ2v) is 8.21. The molecule has 1 fully saturated rings. The standard InChI is InChI=1S/C21H23N3O3S/c25-20(23-8-10-24(11-9-23)21-22-7-12-28-21)14-26-15-5-6-19-17(13-15)16-3-1-2-4-18(16)27-19/h5-7,12-13H,1-4,8-11,14H2. The Hall–Kier alpha value is -2.54. The number of amides is 1. The number of carbonyl (C=O) groups is 1. The van der Waals surface area contributed by atoms with E-state index in [2.05, 4.69) is 9.88 Å². The minimum absolute atomic E-state index is 0.0353. The molecule has 1 aliphatic heterocycles. The molecule has 1 aromatic carbocycles. The molecule has 3 heterocycles. The largest absolute Gasteiger partial charge is 0.484 e. The molecule has 2 aromatic heterocycles. The molecule has 0 atom stereocenters. The van der Waals surface area contributed by atoms with Gasteiger partial charge in [-0.3, -0.25) is 4.79 Å². The Balaban J connectivity index is 1.20. The predicted octanol–water partition coefficient (Wildman–Crippen LogP) is 3.50. The van der Waals surface area contributed by atoms with E-state index in [9.17, 15) is 4.79 Å². The molecule has 3 aromatic rings. The average molecular weight is 398 g/mol. The van der Waals surface area contributed by atoms with Gasteiger partial charge in [-0.15, -0.1) is 11.3 Å². The summed E-state index contributed by atoms with van der Waals surface area (Å²) in [5.41, 5.74) is 2.24. The molecule has 2 aliphatic rings. The summed E-state index contributed by atoms with van der Waals surface area (Å²) in [4.78, 5) is 21.0. The van der Waals surface area contributed by atoms with Crippen LogP contribution < -0.4 is 9.64 Å². The minimum Gasteiger partial charge on any atom is -0.484 e. The number of thiazole rings is 1. The third kappa shape index (κ3) is 3.35. The Bertz CT molecular complexity index is 974. The van der Waals surface area contributed by atoms with Crippen molar-refractivity contribution < 1.29 is 13.9 Å². The van der Waals surface area contributed by atoms with E-state index in [1.807, 2.05) is 34.7 Å². The van der Waals surface area contributed by atoms with Crippen LogP contribution in [0.15, 0.2) is 34.2 Å². The molecule has 28 heavy (non-hydrogen) atoms. The number of anilines is 1. The van der Waals surface area contributed by atoms with Gasteiger partial charge in [-0.25, -0.2) is 4.98 Å². The summed E-state index contributed by atoms with van der Waals surface area (Å²) in [6.45, 7) is 3.10. The highest BCUT2D eigenvalue weighted by Gasteiger charge is 2.23. The predicted molar refractivity (Wildman–Crippen MR) is 109 cm³/mol. The zero-order valence-electron chi connectivity index (χ0n) is 15.7. The Morgan fingerprint density at radius 1 is 1.18 bits per heavy atom. The zero-order valence-corrected chi connectivity index (χ0v) is 16.5. The summed E-state index contributed by atoms with van der Waals surface area (Å²) < 4.78 is 11.8. The summed E-state index contributed by atoms with van der Waals surface area (Å²) >= 11 is 1.64. The first kappa shape index (κ1) is 17.6. The molecule has 5 rings (SSSR count). The van der Waals surface area contributed by atoms with E-state index in [0.29, 0.717) is 13.1 Å². The van der Waals surface area contributed by atoms with Gasteiger partial charge in [-0.05, 0) is 37.5 Å². The lowest BCUT2D eigenvalue weighted by atomic mass is 9.96. The molecule has 0 unspecified atom stereocenters. The van der Waals surface area contributed by atoms with Crippen LogP contribution in [0.4, 0.5) is 5.13 Å². The van der Waals surface area contributed by atoms with Gasteiger partial charge < -0.3 is 19.0 Å². The lowest BCUT2D eigenvalue weighted by Gasteiger charge is -2.34. The van der Waals surface area contributed by atoms with Gasteiger partial charge >= 0.3 is 0 Å². The van der Waals surface area contributed by atoms with Crippen LogP contribution in [0.1, 0.15) is 24.2 Å². The Labute approximate surface area is 167 Å². The lowest BCUT2D eigenvalue weighted by molar-refractivity contribution is -0.133. The molecule has 0 spiro atoms. The van der Waals surface area contributed by atoms with Crippen molar-refractivity contribution in [1.29, 1.82) is 0 Å². The van der Waals surface area contributed by atoms with Gasteiger partial charge in [-0.1, -0.05) is 0 Å². The molecule has 1 amide bonds. The van der Waals surface area contributed by atoms with Gasteiger partial charge in [0.15, 0.2) is 11.7 Å². The molecule has 0 N–H and O–H groups in total. The number of hydrogen-bond acceptors (Lipinski definition) is 6. The van der Waals surface area contributed by atoms with Crippen molar-refractivity contribution in [1.82, 2.24) is 9.88 Å². The first-order chi connectivity index (χ1) is 13.8. The number of rotatable bonds is 4. The third-order valence-electron chi connectivity index (χ3n) is 5.61. The number of hydrogen-bond donors (Lipinski definition) is 0. The highest BCUT2D eigenvalue weighted by atomic mass is 32.1. The van der Waals surface area contributed by atoms with Crippen LogP contribution >= 0.6 is 11.3 Å². The van der Waals surface area contributed by atoms with Crippen molar-refractivity contribution in [3.8, 4) is 5.75 Å². The van der Waals surface area contributed by atoms with Crippen LogP contribution in [0.3, 0.4) is 0 Å².